The lowest BCUT2D eigenvalue weighted by Crippen LogP contribution is -2.69. The molecule has 1 amide bonds. The number of aliphatic hydroxyl groups is 3. The summed E-state index contributed by atoms with van der Waals surface area (Å²) in [6.45, 7) is 4.08. The third kappa shape index (κ3) is 13.2. The van der Waals surface area contributed by atoms with Crippen LogP contribution in [0.15, 0.2) is 91.0 Å². The van der Waals surface area contributed by atoms with E-state index in [4.69, 9.17) is 52.1 Å². The van der Waals surface area contributed by atoms with Gasteiger partial charge in [-0.1, -0.05) is 54.6 Å². The molecule has 3 aliphatic heterocycles. The van der Waals surface area contributed by atoms with Gasteiger partial charge < -0.3 is 72.7 Å². The summed E-state index contributed by atoms with van der Waals surface area (Å²) in [6.07, 6.45) is -24.6. The molecule has 0 aliphatic carbocycles. The van der Waals surface area contributed by atoms with Gasteiger partial charge in [0.1, 0.15) is 37.1 Å². The number of carbonyl (C=O) groups is 7. The summed E-state index contributed by atoms with van der Waals surface area (Å²) in [5.74, 6) is -6.35. The first-order valence-electron chi connectivity index (χ1n) is 21.7. The van der Waals surface area contributed by atoms with Gasteiger partial charge in [0.05, 0.1) is 29.4 Å². The first-order valence-corrected chi connectivity index (χ1v) is 21.7. The van der Waals surface area contributed by atoms with Crippen LogP contribution in [0.25, 0.3) is 0 Å². The molecule has 0 spiro atoms. The summed E-state index contributed by atoms with van der Waals surface area (Å²) in [7, 11) is 0. The van der Waals surface area contributed by atoms with Crippen molar-refractivity contribution in [1.29, 1.82) is 0 Å². The second kappa shape index (κ2) is 23.8. The molecule has 4 N–H and O–H groups in total. The third-order valence-corrected chi connectivity index (χ3v) is 11.0. The number of nitrogens with one attached hydrogen (secondary N) is 1. The molecule has 3 saturated heterocycles. The maximum atomic E-state index is 14.1. The van der Waals surface area contributed by atoms with Crippen molar-refractivity contribution in [1.82, 2.24) is 5.32 Å². The minimum Gasteiger partial charge on any atom is -0.463 e. The normalized spacial score (nSPS) is 30.9. The van der Waals surface area contributed by atoms with Gasteiger partial charge in [-0.3, -0.25) is 19.2 Å². The summed E-state index contributed by atoms with van der Waals surface area (Å²) < 4.78 is 65.8. The summed E-state index contributed by atoms with van der Waals surface area (Å²) >= 11 is 0. The molecule has 0 aromatic heterocycles. The molecule has 22 nitrogen and oxygen atoms in total. The van der Waals surface area contributed by atoms with E-state index in [1.807, 2.05) is 0 Å². The first-order chi connectivity index (χ1) is 32.9. The SMILES string of the molecule is CC(=O)N[C@@H]1[C@@H](O[C@@H]2O[C@H](COC(C)=O)[C@H](OC(C)=O)[C@H](OC(C)=O)[C@H]2O[C@@H]2O[C@@H](C)[C@@H](OC(=O)c3ccccc3)[C@@H](OC(=O)c3ccccc3)[C@@H]2OC(=O)c2ccccc2)[C@H](O)[C@@H](CO)O[C@H]1O. The average Bonchev–Trinajstić information content (AvgIpc) is 3.32. The van der Waals surface area contributed by atoms with Crippen LogP contribution < -0.4 is 5.32 Å². The van der Waals surface area contributed by atoms with E-state index in [0.29, 0.717) is 0 Å². The van der Waals surface area contributed by atoms with Crippen molar-refractivity contribution >= 4 is 41.7 Å². The number of aliphatic hydroxyl groups excluding tert-OH is 3. The predicted molar refractivity (Wildman–Crippen MR) is 229 cm³/mol. The Kier molecular flexibility index (Phi) is 17.9. The molecule has 0 bridgehead atoms. The van der Waals surface area contributed by atoms with Gasteiger partial charge in [0.2, 0.25) is 5.91 Å². The Morgan fingerprint density at radius 3 is 1.45 bits per heavy atom. The predicted octanol–water partition coefficient (Wildman–Crippen LogP) is 0.905. The zero-order chi connectivity index (χ0) is 49.9. The fourth-order valence-electron chi connectivity index (χ4n) is 7.87. The van der Waals surface area contributed by atoms with Gasteiger partial charge in [0, 0.05) is 27.7 Å². The Hall–Kier alpha value is -6.37. The molecule has 15 atom stereocenters. The van der Waals surface area contributed by atoms with Crippen LogP contribution in [0.1, 0.15) is 65.7 Å². The van der Waals surface area contributed by atoms with Crippen LogP contribution in [0.4, 0.5) is 0 Å². The smallest absolute Gasteiger partial charge is 0.338 e. The maximum absolute atomic E-state index is 14.1. The molecule has 3 heterocycles. The van der Waals surface area contributed by atoms with E-state index in [-0.39, 0.29) is 16.7 Å². The van der Waals surface area contributed by atoms with Crippen molar-refractivity contribution < 1.29 is 101 Å². The van der Waals surface area contributed by atoms with E-state index < -0.39 is 147 Å². The van der Waals surface area contributed by atoms with Gasteiger partial charge in [-0.15, -0.1) is 0 Å². The number of amides is 1. The Morgan fingerprint density at radius 2 is 0.971 bits per heavy atom. The number of benzene rings is 3. The Balaban J connectivity index is 1.50. The van der Waals surface area contributed by atoms with Gasteiger partial charge in [0.25, 0.3) is 0 Å². The lowest BCUT2D eigenvalue weighted by atomic mass is 9.94. The number of hydrogen-bond donors (Lipinski definition) is 4. The summed E-state index contributed by atoms with van der Waals surface area (Å²) in [4.78, 5) is 92.2. The van der Waals surface area contributed by atoms with E-state index in [1.54, 1.807) is 54.6 Å². The minimum absolute atomic E-state index is 0.00131. The van der Waals surface area contributed by atoms with Crippen LogP contribution in [0.2, 0.25) is 0 Å². The highest BCUT2D eigenvalue weighted by Crippen LogP contribution is 2.37. The van der Waals surface area contributed by atoms with E-state index in [2.05, 4.69) is 5.32 Å². The second-order valence-corrected chi connectivity index (χ2v) is 16.1. The quantitative estimate of drug-likeness (QED) is 0.115. The molecular weight excluding hydrogens is 915 g/mol. The van der Waals surface area contributed by atoms with E-state index >= 15 is 0 Å². The van der Waals surface area contributed by atoms with Crippen LogP contribution >= 0.6 is 0 Å². The highest BCUT2D eigenvalue weighted by atomic mass is 16.8. The Morgan fingerprint density at radius 1 is 0.522 bits per heavy atom. The van der Waals surface area contributed by atoms with Crippen LogP contribution in [-0.4, -0.2) is 162 Å². The number of ether oxygens (including phenoxy) is 11. The minimum atomic E-state index is -2.01. The van der Waals surface area contributed by atoms with Crippen LogP contribution in [0.3, 0.4) is 0 Å². The molecule has 0 unspecified atom stereocenters. The molecule has 0 saturated carbocycles. The van der Waals surface area contributed by atoms with Gasteiger partial charge in [-0.05, 0) is 43.3 Å². The van der Waals surface area contributed by atoms with Crippen LogP contribution in [-0.2, 0) is 71.3 Å². The van der Waals surface area contributed by atoms with Gasteiger partial charge in [0.15, 0.2) is 55.5 Å². The molecule has 372 valence electrons. The molecular formula is C47H53NO21. The van der Waals surface area contributed by atoms with E-state index in [1.165, 1.54) is 43.3 Å². The fraction of sp³-hybridized carbons (Fsp3) is 0.468. The van der Waals surface area contributed by atoms with Gasteiger partial charge in [-0.25, -0.2) is 14.4 Å². The summed E-state index contributed by atoms with van der Waals surface area (Å²) in [5, 5.41) is 35.0. The topological polar surface area (TPSA) is 294 Å². The molecule has 22 heteroatoms. The van der Waals surface area contributed by atoms with Crippen LogP contribution in [0.5, 0.6) is 0 Å². The second-order valence-electron chi connectivity index (χ2n) is 16.1. The number of esters is 6. The fourth-order valence-corrected chi connectivity index (χ4v) is 7.87. The van der Waals surface area contributed by atoms with Gasteiger partial charge >= 0.3 is 35.8 Å². The van der Waals surface area contributed by atoms with E-state index in [9.17, 15) is 48.9 Å². The molecule has 69 heavy (non-hydrogen) atoms. The zero-order valence-electron chi connectivity index (χ0n) is 37.9. The van der Waals surface area contributed by atoms with Gasteiger partial charge in [-0.2, -0.15) is 0 Å². The van der Waals surface area contributed by atoms with Crippen molar-refractivity contribution in [2.45, 2.75) is 127 Å². The molecule has 6 rings (SSSR count). The molecule has 3 fully saturated rings. The highest BCUT2D eigenvalue weighted by molar-refractivity contribution is 5.91. The Labute approximate surface area is 394 Å². The molecule has 0 radical (unpaired) electrons. The zero-order valence-corrected chi connectivity index (χ0v) is 37.9. The molecule has 3 aromatic carbocycles. The highest BCUT2D eigenvalue weighted by Gasteiger charge is 2.59. The standard InChI is InChI=1S/C47H53NO21/c1-23-35(65-42(55)28-15-9-6-10-16-28)38(66-43(56)29-17-11-7-12-18-29)40(67-44(57)30-19-13-8-14-20-30)46(60-23)69-41-39(62-27(5)53)36(61-26(4)52)32(22-59-25(3)51)64-47(41)68-37-33(48-24(2)50)45(58)63-31(21-49)34(37)54/h6-20,23,31-41,45-47,49,54,58H,21-22H2,1-5H3,(H,48,50)/t23-,31+,32+,33+,34+,35+,36-,37+,38+,39-,40-,41+,45+,46-,47-/m0/s1. The summed E-state index contributed by atoms with van der Waals surface area (Å²) in [6, 6.07) is 21.4. The number of rotatable bonds is 16. The molecule has 3 aromatic rings. The lowest BCUT2D eigenvalue weighted by Gasteiger charge is -2.50. The monoisotopic (exact) mass is 967 g/mol. The van der Waals surface area contributed by atoms with Crippen molar-refractivity contribution in [3.05, 3.63) is 108 Å². The van der Waals surface area contributed by atoms with Crippen molar-refractivity contribution in [2.24, 2.45) is 0 Å². The molecule has 3 aliphatic rings. The van der Waals surface area contributed by atoms with E-state index in [0.717, 1.165) is 27.7 Å². The van der Waals surface area contributed by atoms with Crippen molar-refractivity contribution in [3.8, 4) is 0 Å². The van der Waals surface area contributed by atoms with Crippen molar-refractivity contribution in [3.63, 3.8) is 0 Å². The largest absolute Gasteiger partial charge is 0.463 e. The Bertz CT molecular complexity index is 2250. The maximum Gasteiger partial charge on any atom is 0.338 e. The van der Waals surface area contributed by atoms with Crippen molar-refractivity contribution in [2.75, 3.05) is 13.2 Å². The average molecular weight is 968 g/mol. The number of hydrogen-bond acceptors (Lipinski definition) is 21. The summed E-state index contributed by atoms with van der Waals surface area (Å²) in [5.41, 5.74) is 0.132. The first kappa shape index (κ1) is 52.0. The third-order valence-electron chi connectivity index (χ3n) is 11.0. The lowest BCUT2D eigenvalue weighted by molar-refractivity contribution is -0.379. The number of carbonyl (C=O) groups excluding carboxylic acids is 7. The van der Waals surface area contributed by atoms with Crippen LogP contribution in [0, 0.1) is 0 Å².